The minimum Gasteiger partial charge on any atom is -0.368 e. The third kappa shape index (κ3) is 2.84. The van der Waals surface area contributed by atoms with E-state index in [1.807, 2.05) is 0 Å². The maximum absolute atomic E-state index is 5.77. The quantitative estimate of drug-likeness (QED) is 0.827. The van der Waals surface area contributed by atoms with Crippen molar-refractivity contribution in [3.8, 4) is 0 Å². The average molecular weight is 255 g/mol. The van der Waals surface area contributed by atoms with Gasteiger partial charge in [0.2, 0.25) is 5.95 Å². The summed E-state index contributed by atoms with van der Waals surface area (Å²) in [5.41, 5.74) is 5.49. The highest BCUT2D eigenvalue weighted by Gasteiger charge is 2.01. The van der Waals surface area contributed by atoms with Gasteiger partial charge in [-0.05, 0) is 19.1 Å². The second kappa shape index (κ2) is 4.67. The van der Waals surface area contributed by atoms with Gasteiger partial charge in [-0.15, -0.1) is 11.3 Å². The minimum atomic E-state index is 0.178. The van der Waals surface area contributed by atoms with Gasteiger partial charge in [-0.25, -0.2) is 4.98 Å². The molecule has 0 aliphatic heterocycles. The van der Waals surface area contributed by atoms with E-state index in [0.717, 1.165) is 0 Å². The molecule has 2 aromatic rings. The van der Waals surface area contributed by atoms with Gasteiger partial charge in [-0.1, -0.05) is 11.6 Å². The van der Waals surface area contributed by atoms with Crippen molar-refractivity contribution in [2.75, 3.05) is 11.1 Å². The molecule has 2 heterocycles. The van der Waals surface area contributed by atoms with Crippen LogP contribution in [-0.4, -0.2) is 9.97 Å². The van der Waals surface area contributed by atoms with Gasteiger partial charge >= 0.3 is 0 Å². The molecule has 0 aliphatic carbocycles. The van der Waals surface area contributed by atoms with Crippen LogP contribution in [0.5, 0.6) is 0 Å². The predicted octanol–water partition coefficient (Wildman–Crippen LogP) is 2.69. The van der Waals surface area contributed by atoms with Crippen LogP contribution in [0.3, 0.4) is 0 Å². The maximum atomic E-state index is 5.77. The number of aryl methyl sites for hydroxylation is 1. The van der Waals surface area contributed by atoms with Gasteiger partial charge in [0.25, 0.3) is 0 Å². The first kappa shape index (κ1) is 11.2. The van der Waals surface area contributed by atoms with Crippen LogP contribution in [-0.2, 0) is 6.54 Å². The van der Waals surface area contributed by atoms with Gasteiger partial charge in [0.15, 0.2) is 0 Å². The molecule has 0 atom stereocenters. The van der Waals surface area contributed by atoms with Gasteiger partial charge < -0.3 is 11.1 Å². The fourth-order valence-corrected chi connectivity index (χ4v) is 2.30. The van der Waals surface area contributed by atoms with Crippen molar-refractivity contribution in [3.63, 3.8) is 0 Å². The number of halogens is 1. The van der Waals surface area contributed by atoms with Crippen LogP contribution in [0.4, 0.5) is 11.8 Å². The van der Waals surface area contributed by atoms with Crippen molar-refractivity contribution in [2.24, 2.45) is 0 Å². The summed E-state index contributed by atoms with van der Waals surface area (Å²) in [6, 6.07) is 5.82. The molecule has 0 unspecified atom stereocenters. The summed E-state index contributed by atoms with van der Waals surface area (Å²) >= 11 is 7.51. The zero-order valence-corrected chi connectivity index (χ0v) is 10.3. The summed E-state index contributed by atoms with van der Waals surface area (Å²) in [6.45, 7) is 2.79. The fourth-order valence-electron chi connectivity index (χ4n) is 1.28. The molecule has 84 valence electrons. The van der Waals surface area contributed by atoms with Crippen LogP contribution < -0.4 is 11.1 Å². The zero-order valence-electron chi connectivity index (χ0n) is 8.70. The Labute approximate surface area is 102 Å². The Bertz CT molecular complexity index is 477. The highest BCUT2D eigenvalue weighted by atomic mass is 35.5. The van der Waals surface area contributed by atoms with E-state index in [2.05, 4.69) is 34.3 Å². The van der Waals surface area contributed by atoms with Gasteiger partial charge in [0.05, 0.1) is 6.54 Å². The number of nitrogen functional groups attached to an aromatic ring is 1. The lowest BCUT2D eigenvalue weighted by molar-refractivity contribution is 1.11. The standard InChI is InChI=1S/C10H11ClN4S/c1-6-2-3-7(16-6)5-13-9-4-8(11)14-10(12)15-9/h2-4H,5H2,1H3,(H3,12,13,14,15). The number of hydrogen-bond acceptors (Lipinski definition) is 5. The highest BCUT2D eigenvalue weighted by molar-refractivity contribution is 7.11. The van der Waals surface area contributed by atoms with Crippen LogP contribution in [0, 0.1) is 6.92 Å². The Balaban J connectivity index is 2.04. The molecule has 6 heteroatoms. The van der Waals surface area contributed by atoms with E-state index in [1.165, 1.54) is 9.75 Å². The minimum absolute atomic E-state index is 0.178. The molecule has 2 rings (SSSR count). The third-order valence-electron chi connectivity index (χ3n) is 1.95. The van der Waals surface area contributed by atoms with Crippen LogP contribution in [0.15, 0.2) is 18.2 Å². The van der Waals surface area contributed by atoms with Gasteiger partial charge in [0, 0.05) is 15.8 Å². The molecular formula is C10H11ClN4S. The van der Waals surface area contributed by atoms with E-state index in [4.69, 9.17) is 17.3 Å². The molecule has 0 aliphatic rings. The second-order valence-corrected chi connectivity index (χ2v) is 5.06. The van der Waals surface area contributed by atoms with Crippen molar-refractivity contribution in [1.29, 1.82) is 0 Å². The molecule has 0 amide bonds. The summed E-state index contributed by atoms with van der Waals surface area (Å²) in [6.07, 6.45) is 0. The molecule has 0 fully saturated rings. The topological polar surface area (TPSA) is 63.8 Å². The van der Waals surface area contributed by atoms with Gasteiger partial charge in [0.1, 0.15) is 11.0 Å². The number of thiophene rings is 1. The Hall–Kier alpha value is -1.33. The van der Waals surface area contributed by atoms with Gasteiger partial charge in [-0.2, -0.15) is 4.98 Å². The summed E-state index contributed by atoms with van der Waals surface area (Å²) in [5.74, 6) is 0.820. The molecule has 0 spiro atoms. The number of aromatic nitrogens is 2. The van der Waals surface area contributed by atoms with E-state index in [0.29, 0.717) is 17.5 Å². The monoisotopic (exact) mass is 254 g/mol. The van der Waals surface area contributed by atoms with Crippen LogP contribution >= 0.6 is 22.9 Å². The third-order valence-corrected chi connectivity index (χ3v) is 3.15. The first-order chi connectivity index (χ1) is 7.63. The van der Waals surface area contributed by atoms with E-state index in [-0.39, 0.29) is 5.95 Å². The maximum Gasteiger partial charge on any atom is 0.223 e. The van der Waals surface area contributed by atoms with Gasteiger partial charge in [-0.3, -0.25) is 0 Å². The largest absolute Gasteiger partial charge is 0.368 e. The molecule has 0 bridgehead atoms. The number of rotatable bonds is 3. The van der Waals surface area contributed by atoms with Crippen molar-refractivity contribution in [1.82, 2.24) is 9.97 Å². The molecule has 0 aromatic carbocycles. The molecule has 0 saturated carbocycles. The van der Waals surface area contributed by atoms with Crippen molar-refractivity contribution in [3.05, 3.63) is 33.1 Å². The first-order valence-electron chi connectivity index (χ1n) is 4.73. The van der Waals surface area contributed by atoms with Crippen LogP contribution in [0.1, 0.15) is 9.75 Å². The number of nitrogens with one attached hydrogen (secondary N) is 1. The Morgan fingerprint density at radius 2 is 2.25 bits per heavy atom. The van der Waals surface area contributed by atoms with Crippen molar-refractivity contribution < 1.29 is 0 Å². The molecule has 3 N–H and O–H groups in total. The van der Waals surface area contributed by atoms with E-state index in [1.54, 1.807) is 17.4 Å². The van der Waals surface area contributed by atoms with E-state index in [9.17, 15) is 0 Å². The average Bonchev–Trinajstić information content (AvgIpc) is 2.60. The second-order valence-electron chi connectivity index (χ2n) is 3.30. The highest BCUT2D eigenvalue weighted by Crippen LogP contribution is 2.17. The molecule has 16 heavy (non-hydrogen) atoms. The summed E-state index contributed by atoms with van der Waals surface area (Å²) < 4.78 is 0. The number of nitrogens with two attached hydrogens (primary N) is 1. The lowest BCUT2D eigenvalue weighted by Gasteiger charge is -2.04. The normalized spacial score (nSPS) is 10.4. The van der Waals surface area contributed by atoms with Crippen LogP contribution in [0.2, 0.25) is 5.15 Å². The number of hydrogen-bond donors (Lipinski definition) is 2. The Kier molecular flexibility index (Phi) is 3.26. The Morgan fingerprint density at radius 1 is 1.44 bits per heavy atom. The van der Waals surface area contributed by atoms with Crippen molar-refractivity contribution >= 4 is 34.7 Å². The lowest BCUT2D eigenvalue weighted by Crippen LogP contribution is -2.03. The van der Waals surface area contributed by atoms with E-state index < -0.39 is 0 Å². The molecule has 4 nitrogen and oxygen atoms in total. The van der Waals surface area contributed by atoms with Crippen molar-refractivity contribution in [2.45, 2.75) is 13.5 Å². The smallest absolute Gasteiger partial charge is 0.223 e. The molecular weight excluding hydrogens is 244 g/mol. The Morgan fingerprint density at radius 3 is 2.88 bits per heavy atom. The molecule has 2 aromatic heterocycles. The fraction of sp³-hybridized carbons (Fsp3) is 0.200. The number of nitrogens with zero attached hydrogens (tertiary/aromatic N) is 2. The SMILES string of the molecule is Cc1ccc(CNc2cc(Cl)nc(N)n2)s1. The van der Waals surface area contributed by atoms with Crippen LogP contribution in [0.25, 0.3) is 0 Å². The molecule has 0 radical (unpaired) electrons. The zero-order chi connectivity index (χ0) is 11.5. The lowest BCUT2D eigenvalue weighted by atomic mass is 10.4. The predicted molar refractivity (Wildman–Crippen MR) is 67.8 cm³/mol. The summed E-state index contributed by atoms with van der Waals surface area (Å²) in [5, 5.41) is 3.50. The summed E-state index contributed by atoms with van der Waals surface area (Å²) in [4.78, 5) is 10.4. The number of anilines is 2. The first-order valence-corrected chi connectivity index (χ1v) is 5.92. The molecule has 0 saturated heterocycles. The summed E-state index contributed by atoms with van der Waals surface area (Å²) in [7, 11) is 0. The van der Waals surface area contributed by atoms with E-state index >= 15 is 0 Å².